The number of hydrogen-bond donors (Lipinski definition) is 2. The number of hydrogen-bond acceptors (Lipinski definition) is 6. The lowest BCUT2D eigenvalue weighted by Gasteiger charge is -2.12. The molecule has 0 aromatic carbocycles. The van der Waals surface area contributed by atoms with E-state index < -0.39 is 0 Å². The molecule has 0 bridgehead atoms. The summed E-state index contributed by atoms with van der Waals surface area (Å²) in [5.74, 6) is 2.45. The maximum absolute atomic E-state index is 10.0. The first-order valence-electron chi connectivity index (χ1n) is 7.75. The quantitative estimate of drug-likeness (QED) is 0.499. The van der Waals surface area contributed by atoms with Gasteiger partial charge in [0.25, 0.3) is 0 Å². The van der Waals surface area contributed by atoms with Crippen LogP contribution in [-0.4, -0.2) is 58.5 Å². The molecule has 0 radical (unpaired) electrons. The molecule has 21 heavy (non-hydrogen) atoms. The Kier molecular flexibility index (Phi) is 5.15. The van der Waals surface area contributed by atoms with Crippen LogP contribution in [0.25, 0.3) is 0 Å². The van der Waals surface area contributed by atoms with Gasteiger partial charge in [-0.05, 0) is 25.7 Å². The van der Waals surface area contributed by atoms with Gasteiger partial charge in [0.05, 0.1) is 12.7 Å². The first-order chi connectivity index (χ1) is 10.3. The third kappa shape index (κ3) is 4.18. The van der Waals surface area contributed by atoms with Crippen molar-refractivity contribution >= 4 is 11.8 Å². The fourth-order valence-electron chi connectivity index (χ4n) is 2.36. The zero-order valence-corrected chi connectivity index (χ0v) is 13.3. The van der Waals surface area contributed by atoms with Gasteiger partial charge in [-0.2, -0.15) is 0 Å². The van der Waals surface area contributed by atoms with E-state index in [-0.39, 0.29) is 6.10 Å². The molecule has 3 rings (SSSR count). The minimum atomic E-state index is -0.374. The second kappa shape index (κ2) is 7.09. The topological polar surface area (TPSA) is 72.2 Å². The molecule has 7 heteroatoms. The lowest BCUT2D eigenvalue weighted by atomic mass is 10.4. The summed E-state index contributed by atoms with van der Waals surface area (Å²) in [6, 6.07) is 0.607. The Morgan fingerprint density at radius 3 is 2.86 bits per heavy atom. The van der Waals surface area contributed by atoms with Crippen LogP contribution in [0.2, 0.25) is 0 Å². The van der Waals surface area contributed by atoms with Crippen LogP contribution >= 0.6 is 11.8 Å². The first-order valence-corrected chi connectivity index (χ1v) is 8.73. The Balaban J connectivity index is 1.48. The Hall–Kier alpha value is -0.630. The van der Waals surface area contributed by atoms with E-state index in [4.69, 9.17) is 4.74 Å². The molecule has 1 aromatic rings. The molecule has 2 fully saturated rings. The molecule has 2 aliphatic rings. The summed E-state index contributed by atoms with van der Waals surface area (Å²) in [5.41, 5.74) is 0. The van der Waals surface area contributed by atoms with E-state index in [1.165, 1.54) is 31.5 Å². The van der Waals surface area contributed by atoms with Gasteiger partial charge in [0, 0.05) is 37.9 Å². The highest BCUT2D eigenvalue weighted by molar-refractivity contribution is 7.99. The molecular formula is C14H24N4O2S. The number of aliphatic hydroxyl groups is 1. The third-order valence-electron chi connectivity index (χ3n) is 3.81. The van der Waals surface area contributed by atoms with E-state index in [0.29, 0.717) is 30.9 Å². The number of rotatable bonds is 10. The van der Waals surface area contributed by atoms with Crippen LogP contribution in [0.15, 0.2) is 5.16 Å². The molecule has 0 aliphatic heterocycles. The predicted molar refractivity (Wildman–Crippen MR) is 81.7 cm³/mol. The van der Waals surface area contributed by atoms with E-state index in [1.54, 1.807) is 18.9 Å². The molecule has 1 unspecified atom stereocenters. The molecule has 1 atom stereocenters. The van der Waals surface area contributed by atoms with Crippen LogP contribution < -0.4 is 5.32 Å². The van der Waals surface area contributed by atoms with Crippen molar-refractivity contribution in [3.8, 4) is 0 Å². The smallest absolute Gasteiger partial charge is 0.191 e. The van der Waals surface area contributed by atoms with Crippen molar-refractivity contribution in [3.05, 3.63) is 5.82 Å². The molecule has 6 nitrogen and oxygen atoms in total. The summed E-state index contributed by atoms with van der Waals surface area (Å²) < 4.78 is 7.29. The monoisotopic (exact) mass is 312 g/mol. The SMILES string of the molecule is COCCNCC(O)CSc1nnc(C2CC2)n1C1CC1. The second-order valence-electron chi connectivity index (χ2n) is 5.88. The van der Waals surface area contributed by atoms with Crippen LogP contribution in [0.1, 0.15) is 43.5 Å². The van der Waals surface area contributed by atoms with Gasteiger partial charge in [-0.15, -0.1) is 10.2 Å². The highest BCUT2D eigenvalue weighted by atomic mass is 32.2. The largest absolute Gasteiger partial charge is 0.391 e. The Bertz CT molecular complexity index is 460. The van der Waals surface area contributed by atoms with Crippen LogP contribution in [0.5, 0.6) is 0 Å². The molecule has 2 saturated carbocycles. The van der Waals surface area contributed by atoms with Crippen molar-refractivity contribution in [1.82, 2.24) is 20.1 Å². The standard InChI is InChI=1S/C14H24N4O2S/c1-20-7-6-15-8-12(19)9-21-14-17-16-13(10-2-3-10)18(14)11-4-5-11/h10-12,15,19H,2-9H2,1H3. The highest BCUT2D eigenvalue weighted by Crippen LogP contribution is 2.45. The van der Waals surface area contributed by atoms with E-state index in [2.05, 4.69) is 20.1 Å². The lowest BCUT2D eigenvalue weighted by Crippen LogP contribution is -2.30. The van der Waals surface area contributed by atoms with Crippen molar-refractivity contribution in [1.29, 1.82) is 0 Å². The van der Waals surface area contributed by atoms with E-state index in [0.717, 1.165) is 11.7 Å². The summed E-state index contributed by atoms with van der Waals surface area (Å²) in [6.07, 6.45) is 4.61. The molecule has 2 N–H and O–H groups in total. The summed E-state index contributed by atoms with van der Waals surface area (Å²) in [5, 5.41) is 22.9. The summed E-state index contributed by atoms with van der Waals surface area (Å²) in [7, 11) is 1.68. The van der Waals surface area contributed by atoms with Gasteiger partial charge in [0.15, 0.2) is 5.16 Å². The fourth-order valence-corrected chi connectivity index (χ4v) is 3.29. The Labute approximate surface area is 129 Å². The minimum absolute atomic E-state index is 0.374. The number of nitrogens with zero attached hydrogens (tertiary/aromatic N) is 3. The van der Waals surface area contributed by atoms with Crippen LogP contribution in [0.3, 0.4) is 0 Å². The Morgan fingerprint density at radius 2 is 2.19 bits per heavy atom. The maximum Gasteiger partial charge on any atom is 0.191 e. The number of thioether (sulfide) groups is 1. The van der Waals surface area contributed by atoms with Crippen molar-refractivity contribution < 1.29 is 9.84 Å². The molecule has 2 aliphatic carbocycles. The zero-order valence-electron chi connectivity index (χ0n) is 12.5. The Morgan fingerprint density at radius 1 is 1.38 bits per heavy atom. The fraction of sp³-hybridized carbons (Fsp3) is 0.857. The van der Waals surface area contributed by atoms with Crippen molar-refractivity contribution in [2.45, 2.75) is 48.9 Å². The normalized spacial score (nSPS) is 19.9. The van der Waals surface area contributed by atoms with E-state index in [1.807, 2.05) is 0 Å². The van der Waals surface area contributed by atoms with Crippen molar-refractivity contribution in [3.63, 3.8) is 0 Å². The molecule has 0 amide bonds. The van der Waals surface area contributed by atoms with Gasteiger partial charge < -0.3 is 19.7 Å². The molecule has 1 heterocycles. The van der Waals surface area contributed by atoms with Gasteiger partial charge >= 0.3 is 0 Å². The number of methoxy groups -OCH3 is 1. The molecule has 118 valence electrons. The molecule has 0 spiro atoms. The van der Waals surface area contributed by atoms with Crippen LogP contribution in [0, 0.1) is 0 Å². The summed E-state index contributed by atoms with van der Waals surface area (Å²) in [4.78, 5) is 0. The average Bonchev–Trinajstić information content (AvgIpc) is 3.40. The van der Waals surface area contributed by atoms with E-state index in [9.17, 15) is 5.11 Å². The predicted octanol–water partition coefficient (Wildman–Crippen LogP) is 1.18. The summed E-state index contributed by atoms with van der Waals surface area (Å²) >= 11 is 1.62. The van der Waals surface area contributed by atoms with Gasteiger partial charge in [-0.3, -0.25) is 0 Å². The number of aromatic nitrogens is 3. The summed E-state index contributed by atoms with van der Waals surface area (Å²) in [6.45, 7) is 2.02. The zero-order chi connectivity index (χ0) is 14.7. The first kappa shape index (κ1) is 15.3. The second-order valence-corrected chi connectivity index (χ2v) is 6.87. The van der Waals surface area contributed by atoms with E-state index >= 15 is 0 Å². The molecule has 0 saturated heterocycles. The number of aliphatic hydroxyl groups excluding tert-OH is 1. The molecule has 1 aromatic heterocycles. The minimum Gasteiger partial charge on any atom is -0.391 e. The van der Waals surface area contributed by atoms with Gasteiger partial charge in [0.1, 0.15) is 5.82 Å². The third-order valence-corrected chi connectivity index (χ3v) is 4.90. The lowest BCUT2D eigenvalue weighted by molar-refractivity contribution is 0.175. The molecular weight excluding hydrogens is 288 g/mol. The number of ether oxygens (including phenoxy) is 1. The van der Waals surface area contributed by atoms with Crippen molar-refractivity contribution in [2.75, 3.05) is 32.6 Å². The van der Waals surface area contributed by atoms with Gasteiger partial charge in [-0.1, -0.05) is 11.8 Å². The van der Waals surface area contributed by atoms with Crippen LogP contribution in [-0.2, 0) is 4.74 Å². The number of nitrogens with one attached hydrogen (secondary N) is 1. The van der Waals surface area contributed by atoms with Crippen LogP contribution in [0.4, 0.5) is 0 Å². The van der Waals surface area contributed by atoms with Gasteiger partial charge in [0.2, 0.25) is 0 Å². The van der Waals surface area contributed by atoms with Gasteiger partial charge in [-0.25, -0.2) is 0 Å². The maximum atomic E-state index is 10.0. The highest BCUT2D eigenvalue weighted by Gasteiger charge is 2.36. The average molecular weight is 312 g/mol. The van der Waals surface area contributed by atoms with Crippen molar-refractivity contribution in [2.24, 2.45) is 0 Å².